The Morgan fingerprint density at radius 1 is 1.50 bits per heavy atom. The van der Waals surface area contributed by atoms with E-state index >= 15 is 0 Å². The van der Waals surface area contributed by atoms with E-state index < -0.39 is 0 Å². The molecule has 3 rings (SSSR count). The topological polar surface area (TPSA) is 70.2 Å². The molecular formula is C15H22ClN5O. The number of carbonyl (C=O) groups is 1. The highest BCUT2D eigenvalue weighted by atomic mass is 35.5. The molecule has 1 aromatic rings. The third kappa shape index (κ3) is 2.97. The van der Waals surface area contributed by atoms with Crippen molar-refractivity contribution in [2.75, 3.05) is 30.4 Å². The lowest BCUT2D eigenvalue weighted by Gasteiger charge is -2.27. The summed E-state index contributed by atoms with van der Waals surface area (Å²) in [6.07, 6.45) is 3.91. The van der Waals surface area contributed by atoms with Gasteiger partial charge in [-0.3, -0.25) is 4.79 Å². The van der Waals surface area contributed by atoms with Crippen LogP contribution in [0.4, 0.5) is 11.8 Å². The monoisotopic (exact) mass is 323 g/mol. The lowest BCUT2D eigenvalue weighted by Crippen LogP contribution is -2.43. The van der Waals surface area contributed by atoms with Crippen molar-refractivity contribution in [2.45, 2.75) is 38.6 Å². The number of hydrogen-bond donors (Lipinski definition) is 2. The Balaban J connectivity index is 1.77. The van der Waals surface area contributed by atoms with Crippen molar-refractivity contribution in [2.24, 2.45) is 5.41 Å². The Kier molecular flexibility index (Phi) is 4.12. The summed E-state index contributed by atoms with van der Waals surface area (Å²) in [4.78, 5) is 23.3. The Bertz CT molecular complexity index is 577. The van der Waals surface area contributed by atoms with Gasteiger partial charge in [0.2, 0.25) is 11.9 Å². The Morgan fingerprint density at radius 2 is 2.27 bits per heavy atom. The highest BCUT2D eigenvalue weighted by molar-refractivity contribution is 6.29. The molecule has 2 heterocycles. The first kappa shape index (κ1) is 15.3. The first-order valence-electron chi connectivity index (χ1n) is 7.84. The Morgan fingerprint density at radius 3 is 2.91 bits per heavy atom. The van der Waals surface area contributed by atoms with Crippen LogP contribution in [-0.2, 0) is 4.79 Å². The van der Waals surface area contributed by atoms with E-state index in [1.165, 1.54) is 0 Å². The largest absolute Gasteiger partial charge is 0.357 e. The molecule has 0 unspecified atom stereocenters. The molecule has 7 heteroatoms. The molecule has 2 N–H and O–H groups in total. The van der Waals surface area contributed by atoms with Gasteiger partial charge in [0.05, 0.1) is 5.41 Å². The van der Waals surface area contributed by atoms with Crippen LogP contribution in [0.2, 0.25) is 5.15 Å². The molecule has 6 nitrogen and oxygen atoms in total. The molecule has 2 aliphatic rings. The van der Waals surface area contributed by atoms with Gasteiger partial charge in [0.15, 0.2) is 0 Å². The summed E-state index contributed by atoms with van der Waals surface area (Å²) >= 11 is 6.05. The second-order valence-electron chi connectivity index (χ2n) is 6.18. The van der Waals surface area contributed by atoms with Crippen LogP contribution < -0.4 is 15.5 Å². The predicted molar refractivity (Wildman–Crippen MR) is 87.3 cm³/mol. The van der Waals surface area contributed by atoms with Crippen LogP contribution in [0.15, 0.2) is 6.07 Å². The summed E-state index contributed by atoms with van der Waals surface area (Å²) < 4.78 is 0. The molecule has 1 saturated heterocycles. The number of aromatic nitrogens is 2. The summed E-state index contributed by atoms with van der Waals surface area (Å²) in [6.45, 7) is 3.57. The highest BCUT2D eigenvalue weighted by Crippen LogP contribution is 2.37. The third-order valence-corrected chi connectivity index (χ3v) is 4.85. The van der Waals surface area contributed by atoms with Crippen LogP contribution in [-0.4, -0.2) is 42.1 Å². The van der Waals surface area contributed by atoms with Crippen molar-refractivity contribution < 1.29 is 4.79 Å². The molecule has 0 radical (unpaired) electrons. The fourth-order valence-electron chi connectivity index (χ4n) is 2.95. The molecule has 2 fully saturated rings. The maximum absolute atomic E-state index is 12.6. The predicted octanol–water partition coefficient (Wildman–Crippen LogP) is 2.06. The molecule has 0 spiro atoms. The van der Waals surface area contributed by atoms with Crippen molar-refractivity contribution in [3.63, 3.8) is 0 Å². The minimum Gasteiger partial charge on any atom is -0.357 e. The van der Waals surface area contributed by atoms with E-state index in [1.54, 1.807) is 13.1 Å². The minimum atomic E-state index is -0.320. The maximum Gasteiger partial charge on any atom is 0.228 e. The molecule has 120 valence electrons. The SMILES string of the molecule is CC[C@@]1(C(=O)NC2CC2)CCN(c2cc(Cl)nc(NC)n2)C1. The zero-order valence-electron chi connectivity index (χ0n) is 13.0. The lowest BCUT2D eigenvalue weighted by atomic mass is 9.83. The summed E-state index contributed by atoms with van der Waals surface area (Å²) in [7, 11) is 1.76. The first-order chi connectivity index (χ1) is 10.6. The van der Waals surface area contributed by atoms with Crippen LogP contribution >= 0.6 is 11.6 Å². The average Bonchev–Trinajstić information content (AvgIpc) is 3.21. The fraction of sp³-hybridized carbons (Fsp3) is 0.667. The van der Waals surface area contributed by atoms with Gasteiger partial charge in [0, 0.05) is 32.2 Å². The molecule has 1 saturated carbocycles. The van der Waals surface area contributed by atoms with Crippen LogP contribution in [0.5, 0.6) is 0 Å². The average molecular weight is 324 g/mol. The van der Waals surface area contributed by atoms with Crippen LogP contribution in [0, 0.1) is 5.41 Å². The number of carbonyl (C=O) groups excluding carboxylic acids is 1. The molecule has 1 aliphatic heterocycles. The van der Waals surface area contributed by atoms with E-state index in [0.717, 1.165) is 38.0 Å². The second kappa shape index (κ2) is 5.91. The maximum atomic E-state index is 12.6. The number of nitrogens with one attached hydrogen (secondary N) is 2. The van der Waals surface area contributed by atoms with Gasteiger partial charge in [-0.25, -0.2) is 4.98 Å². The number of nitrogens with zero attached hydrogens (tertiary/aromatic N) is 3. The van der Waals surface area contributed by atoms with E-state index in [4.69, 9.17) is 11.6 Å². The fourth-order valence-corrected chi connectivity index (χ4v) is 3.13. The van der Waals surface area contributed by atoms with Crippen LogP contribution in [0.1, 0.15) is 32.6 Å². The van der Waals surface area contributed by atoms with Gasteiger partial charge in [0.1, 0.15) is 11.0 Å². The second-order valence-corrected chi connectivity index (χ2v) is 6.56. The normalized spacial score (nSPS) is 24.4. The zero-order valence-corrected chi connectivity index (χ0v) is 13.8. The quantitative estimate of drug-likeness (QED) is 0.812. The number of amides is 1. The summed E-state index contributed by atoms with van der Waals surface area (Å²) in [5, 5.41) is 6.48. The summed E-state index contributed by atoms with van der Waals surface area (Å²) in [6, 6.07) is 2.15. The van der Waals surface area contributed by atoms with Crippen molar-refractivity contribution >= 4 is 29.3 Å². The summed E-state index contributed by atoms with van der Waals surface area (Å²) in [5.41, 5.74) is -0.320. The van der Waals surface area contributed by atoms with Gasteiger partial charge in [-0.15, -0.1) is 0 Å². The highest BCUT2D eigenvalue weighted by Gasteiger charge is 2.45. The van der Waals surface area contributed by atoms with Gasteiger partial charge >= 0.3 is 0 Å². The van der Waals surface area contributed by atoms with Gasteiger partial charge in [-0.2, -0.15) is 4.98 Å². The van der Waals surface area contributed by atoms with Gasteiger partial charge in [-0.05, 0) is 25.7 Å². The van der Waals surface area contributed by atoms with Crippen molar-refractivity contribution in [3.8, 4) is 0 Å². The lowest BCUT2D eigenvalue weighted by molar-refractivity contribution is -0.130. The molecule has 1 aliphatic carbocycles. The smallest absolute Gasteiger partial charge is 0.228 e. The van der Waals surface area contributed by atoms with E-state index in [0.29, 0.717) is 23.7 Å². The minimum absolute atomic E-state index is 0.189. The first-order valence-corrected chi connectivity index (χ1v) is 8.22. The molecule has 0 aromatic carbocycles. The summed E-state index contributed by atoms with van der Waals surface area (Å²) in [5.74, 6) is 1.46. The van der Waals surface area contributed by atoms with Crippen molar-refractivity contribution in [1.82, 2.24) is 15.3 Å². The van der Waals surface area contributed by atoms with E-state index in [2.05, 4.69) is 32.4 Å². The van der Waals surface area contributed by atoms with E-state index in [1.807, 2.05) is 0 Å². The molecule has 22 heavy (non-hydrogen) atoms. The zero-order chi connectivity index (χ0) is 15.7. The molecule has 0 bridgehead atoms. The molecular weight excluding hydrogens is 302 g/mol. The van der Waals surface area contributed by atoms with Crippen LogP contribution in [0.25, 0.3) is 0 Å². The number of hydrogen-bond acceptors (Lipinski definition) is 5. The van der Waals surface area contributed by atoms with E-state index in [9.17, 15) is 4.79 Å². The Hall–Kier alpha value is -1.56. The molecule has 1 aromatic heterocycles. The number of rotatable bonds is 5. The van der Waals surface area contributed by atoms with Gasteiger partial charge in [0.25, 0.3) is 0 Å². The van der Waals surface area contributed by atoms with Gasteiger partial charge < -0.3 is 15.5 Å². The third-order valence-electron chi connectivity index (χ3n) is 4.65. The number of halogens is 1. The van der Waals surface area contributed by atoms with Crippen molar-refractivity contribution in [3.05, 3.63) is 11.2 Å². The molecule has 1 amide bonds. The van der Waals surface area contributed by atoms with Crippen LogP contribution in [0.3, 0.4) is 0 Å². The number of anilines is 2. The molecule has 1 atom stereocenters. The van der Waals surface area contributed by atoms with E-state index in [-0.39, 0.29) is 11.3 Å². The Labute approximate surface area is 135 Å². The standard InChI is InChI=1S/C15H22ClN5O/c1-3-15(13(22)18-10-4-5-10)6-7-21(9-15)12-8-11(16)19-14(17-2)20-12/h8,10H,3-7,9H2,1-2H3,(H,18,22)(H,17,19,20)/t15-/m1/s1. The van der Waals surface area contributed by atoms with Crippen molar-refractivity contribution in [1.29, 1.82) is 0 Å². The van der Waals surface area contributed by atoms with Gasteiger partial charge in [-0.1, -0.05) is 18.5 Å².